The van der Waals surface area contributed by atoms with Crippen molar-refractivity contribution >= 4 is 12.2 Å². The van der Waals surface area contributed by atoms with Crippen molar-refractivity contribution < 1.29 is 19.1 Å². The third-order valence-electron chi connectivity index (χ3n) is 5.49. The smallest absolute Gasteiger partial charge is 0.260 e. The number of hydrogen-bond acceptors (Lipinski definition) is 4. The average molecular weight is 359 g/mol. The van der Waals surface area contributed by atoms with Crippen molar-refractivity contribution in [3.63, 3.8) is 0 Å². The van der Waals surface area contributed by atoms with Gasteiger partial charge in [-0.1, -0.05) is 20.8 Å². The Morgan fingerprint density at radius 3 is 2.69 bits per heavy atom. The minimum Gasteiger partial charge on any atom is -0.490 e. The third-order valence-corrected chi connectivity index (χ3v) is 5.49. The number of aldehydes is 1. The average Bonchev–Trinajstić information content (AvgIpc) is 2.82. The van der Waals surface area contributed by atoms with Crippen molar-refractivity contribution in [1.29, 1.82) is 0 Å². The fraction of sp³-hybridized carbons (Fsp3) is 0.619. The Morgan fingerprint density at radius 1 is 1.23 bits per heavy atom. The van der Waals surface area contributed by atoms with Gasteiger partial charge < -0.3 is 14.4 Å². The maximum absolute atomic E-state index is 12.8. The van der Waals surface area contributed by atoms with Crippen molar-refractivity contribution in [2.45, 2.75) is 53.0 Å². The van der Waals surface area contributed by atoms with Gasteiger partial charge in [0.05, 0.1) is 6.61 Å². The van der Waals surface area contributed by atoms with Crippen LogP contribution in [0.1, 0.15) is 57.3 Å². The Labute approximate surface area is 155 Å². The number of carbonyl (C=O) groups is 2. The number of hydrogen-bond donors (Lipinski definition) is 0. The van der Waals surface area contributed by atoms with E-state index in [0.29, 0.717) is 29.7 Å². The summed E-state index contributed by atoms with van der Waals surface area (Å²) in [7, 11) is 0. The Kier molecular flexibility index (Phi) is 5.00. The molecule has 1 saturated heterocycles. The summed E-state index contributed by atoms with van der Waals surface area (Å²) in [5.74, 6) is 1.02. The lowest BCUT2D eigenvalue weighted by Gasteiger charge is -2.39. The van der Waals surface area contributed by atoms with E-state index >= 15 is 0 Å². The summed E-state index contributed by atoms with van der Waals surface area (Å²) in [6.45, 7) is 10.0. The maximum atomic E-state index is 12.8. The van der Waals surface area contributed by atoms with Crippen LogP contribution in [0.2, 0.25) is 0 Å². The second-order valence-electron chi connectivity index (χ2n) is 8.78. The van der Waals surface area contributed by atoms with Crippen molar-refractivity contribution in [1.82, 2.24) is 4.90 Å². The Morgan fingerprint density at radius 2 is 2.00 bits per heavy atom. The molecule has 0 aromatic heterocycles. The fourth-order valence-electron chi connectivity index (χ4n) is 4.96. The van der Waals surface area contributed by atoms with E-state index in [2.05, 4.69) is 20.8 Å². The zero-order valence-electron chi connectivity index (χ0n) is 16.2. The van der Waals surface area contributed by atoms with E-state index in [-0.39, 0.29) is 23.3 Å². The summed E-state index contributed by atoms with van der Waals surface area (Å²) in [4.78, 5) is 25.8. The molecule has 26 heavy (non-hydrogen) atoms. The molecule has 5 nitrogen and oxygen atoms in total. The van der Waals surface area contributed by atoms with Crippen LogP contribution in [0, 0.1) is 10.8 Å². The molecule has 2 atom stereocenters. The van der Waals surface area contributed by atoms with Crippen LogP contribution >= 0.6 is 0 Å². The zero-order chi connectivity index (χ0) is 18.9. The molecule has 5 heteroatoms. The first-order chi connectivity index (χ1) is 12.3. The normalized spacial score (nSPS) is 26.5. The molecule has 1 saturated carbocycles. The zero-order valence-corrected chi connectivity index (χ0v) is 16.2. The molecular formula is C21H29NO4. The quantitative estimate of drug-likeness (QED) is 0.727. The van der Waals surface area contributed by atoms with Gasteiger partial charge in [0.2, 0.25) is 0 Å². The van der Waals surface area contributed by atoms with E-state index in [4.69, 9.17) is 9.47 Å². The van der Waals surface area contributed by atoms with Gasteiger partial charge in [-0.05, 0) is 55.2 Å². The standard InChI is InChI=1S/C21H29NO4/c1-5-25-18-8-15(11-23)6-7-17(18)26-12-19(24)22-14-21(4)10-16(22)9-20(2,3)13-21/h6-8,11,16H,5,9-10,12-14H2,1-4H3/t16-,21-/m1/s1. The molecule has 1 aliphatic carbocycles. The van der Waals surface area contributed by atoms with Crippen molar-refractivity contribution in [3.05, 3.63) is 23.8 Å². The predicted octanol–water partition coefficient (Wildman–Crippen LogP) is 3.70. The highest BCUT2D eigenvalue weighted by Gasteiger charge is 2.50. The number of likely N-dealkylation sites (tertiary alicyclic amines) is 1. The topological polar surface area (TPSA) is 55.8 Å². The van der Waals surface area contributed by atoms with E-state index in [9.17, 15) is 9.59 Å². The summed E-state index contributed by atoms with van der Waals surface area (Å²) in [5, 5.41) is 0. The van der Waals surface area contributed by atoms with E-state index in [0.717, 1.165) is 32.1 Å². The van der Waals surface area contributed by atoms with Crippen LogP contribution in [-0.2, 0) is 4.79 Å². The molecule has 0 radical (unpaired) electrons. The van der Waals surface area contributed by atoms with E-state index in [1.165, 1.54) is 0 Å². The molecule has 3 rings (SSSR count). The number of fused-ring (bicyclic) bond motifs is 2. The Hall–Kier alpha value is -2.04. The van der Waals surface area contributed by atoms with Gasteiger partial charge in [0, 0.05) is 18.2 Å². The predicted molar refractivity (Wildman–Crippen MR) is 99.7 cm³/mol. The molecule has 142 valence electrons. The molecular weight excluding hydrogens is 330 g/mol. The van der Waals surface area contributed by atoms with Gasteiger partial charge in [0.1, 0.15) is 6.29 Å². The molecule has 2 bridgehead atoms. The number of ether oxygens (including phenoxy) is 2. The molecule has 1 aromatic rings. The van der Waals surface area contributed by atoms with Crippen LogP contribution < -0.4 is 9.47 Å². The van der Waals surface area contributed by atoms with Crippen LogP contribution in [0.15, 0.2) is 18.2 Å². The van der Waals surface area contributed by atoms with Crippen LogP contribution in [0.3, 0.4) is 0 Å². The fourth-order valence-corrected chi connectivity index (χ4v) is 4.96. The van der Waals surface area contributed by atoms with Crippen LogP contribution in [-0.4, -0.2) is 42.9 Å². The first-order valence-electron chi connectivity index (χ1n) is 9.40. The van der Waals surface area contributed by atoms with Crippen molar-refractivity contribution in [3.8, 4) is 11.5 Å². The summed E-state index contributed by atoms with van der Waals surface area (Å²) in [6.07, 6.45) is 4.06. The SMILES string of the molecule is CCOc1cc(C=O)ccc1OCC(=O)N1C[C@]2(C)C[C@H]1CC(C)(C)C2. The molecule has 0 N–H and O–H groups in total. The van der Waals surface area contributed by atoms with Crippen LogP contribution in [0.5, 0.6) is 11.5 Å². The largest absolute Gasteiger partial charge is 0.490 e. The summed E-state index contributed by atoms with van der Waals surface area (Å²) < 4.78 is 11.3. The minimum absolute atomic E-state index is 0.00643. The lowest BCUT2D eigenvalue weighted by molar-refractivity contribution is -0.134. The van der Waals surface area contributed by atoms with Gasteiger partial charge in [0.25, 0.3) is 5.91 Å². The maximum Gasteiger partial charge on any atom is 0.260 e. The molecule has 1 amide bonds. The first kappa shape index (κ1) is 18.7. The molecule has 1 heterocycles. The van der Waals surface area contributed by atoms with E-state index in [1.807, 2.05) is 11.8 Å². The van der Waals surface area contributed by atoms with Gasteiger partial charge in [-0.15, -0.1) is 0 Å². The first-order valence-corrected chi connectivity index (χ1v) is 9.40. The van der Waals surface area contributed by atoms with Crippen molar-refractivity contribution in [2.75, 3.05) is 19.8 Å². The molecule has 1 aromatic carbocycles. The van der Waals surface area contributed by atoms with E-state index < -0.39 is 0 Å². The number of rotatable bonds is 6. The van der Waals surface area contributed by atoms with Crippen molar-refractivity contribution in [2.24, 2.45) is 10.8 Å². The van der Waals surface area contributed by atoms with Gasteiger partial charge in [-0.25, -0.2) is 0 Å². The molecule has 0 spiro atoms. The van der Waals surface area contributed by atoms with Crippen LogP contribution in [0.25, 0.3) is 0 Å². The summed E-state index contributed by atoms with van der Waals surface area (Å²) >= 11 is 0. The molecule has 0 unspecified atom stereocenters. The van der Waals surface area contributed by atoms with Gasteiger partial charge >= 0.3 is 0 Å². The second-order valence-corrected chi connectivity index (χ2v) is 8.78. The van der Waals surface area contributed by atoms with Gasteiger partial charge in [0.15, 0.2) is 18.1 Å². The van der Waals surface area contributed by atoms with Gasteiger partial charge in [-0.2, -0.15) is 0 Å². The van der Waals surface area contributed by atoms with E-state index in [1.54, 1.807) is 18.2 Å². The molecule has 1 aliphatic heterocycles. The van der Waals surface area contributed by atoms with Gasteiger partial charge in [-0.3, -0.25) is 9.59 Å². The summed E-state index contributed by atoms with van der Waals surface area (Å²) in [6, 6.07) is 5.31. The lowest BCUT2D eigenvalue weighted by atomic mass is 9.65. The highest BCUT2D eigenvalue weighted by atomic mass is 16.5. The second kappa shape index (κ2) is 6.93. The molecule has 2 aliphatic rings. The Bertz CT molecular complexity index is 699. The third kappa shape index (κ3) is 3.87. The number of benzene rings is 1. The number of nitrogens with zero attached hydrogens (tertiary/aromatic N) is 1. The number of carbonyl (C=O) groups excluding carboxylic acids is 2. The summed E-state index contributed by atoms with van der Waals surface area (Å²) in [5.41, 5.74) is 1.01. The Balaban J connectivity index is 1.67. The van der Waals surface area contributed by atoms with Crippen LogP contribution in [0.4, 0.5) is 0 Å². The highest BCUT2D eigenvalue weighted by Crippen LogP contribution is 2.52. The monoisotopic (exact) mass is 359 g/mol. The minimum atomic E-state index is -0.00643. The number of amides is 1. The lowest BCUT2D eigenvalue weighted by Crippen LogP contribution is -2.40. The molecule has 2 fully saturated rings. The highest BCUT2D eigenvalue weighted by molar-refractivity contribution is 5.79.